The van der Waals surface area contributed by atoms with Crippen LogP contribution >= 0.6 is 22.6 Å². The summed E-state index contributed by atoms with van der Waals surface area (Å²) in [5.41, 5.74) is 6.87. The van der Waals surface area contributed by atoms with Gasteiger partial charge in [0.05, 0.1) is 21.1 Å². The Morgan fingerprint density at radius 3 is 2.62 bits per heavy atom. The largest absolute Gasteiger partial charge is 0.369 e. The van der Waals surface area contributed by atoms with Gasteiger partial charge in [-0.15, -0.1) is 0 Å². The molecule has 3 nitrogen and oxygen atoms in total. The molecule has 3 aromatic rings. The number of nitrogens with two attached hydrogens (primary N) is 1. The van der Waals surface area contributed by atoms with Gasteiger partial charge in [-0.25, -0.2) is 18.2 Å². The third kappa shape index (κ3) is 2.57. The zero-order valence-corrected chi connectivity index (χ0v) is 12.7. The van der Waals surface area contributed by atoms with Crippen molar-refractivity contribution in [3.63, 3.8) is 0 Å². The Labute approximate surface area is 131 Å². The van der Waals surface area contributed by atoms with E-state index in [1.807, 2.05) is 22.6 Å². The number of benzene rings is 2. The molecule has 0 saturated carbocycles. The number of aromatic nitrogens is 2. The predicted octanol–water partition coefficient (Wildman–Crippen LogP) is 3.69. The first-order valence-corrected chi connectivity index (χ1v) is 7.08. The molecule has 0 radical (unpaired) electrons. The zero-order valence-electron chi connectivity index (χ0n) is 10.6. The molecule has 3 rings (SSSR count). The van der Waals surface area contributed by atoms with Crippen LogP contribution in [-0.2, 0) is 6.54 Å². The standard InChI is InChI=1S/C14H9F3IN3/c15-8-1-2-9(16)7(3-8)6-21-13-4-10(17)11(18)5-12(13)20-14(21)19/h1-5H,6H2,(H2,19,20). The molecular weight excluding hydrogens is 394 g/mol. The van der Waals surface area contributed by atoms with Crippen molar-refractivity contribution in [2.24, 2.45) is 0 Å². The van der Waals surface area contributed by atoms with Crippen LogP contribution in [0.4, 0.5) is 19.1 Å². The summed E-state index contributed by atoms with van der Waals surface area (Å²) in [6.07, 6.45) is 0. The molecule has 0 atom stereocenters. The summed E-state index contributed by atoms with van der Waals surface area (Å²) >= 11 is 1.85. The van der Waals surface area contributed by atoms with Crippen LogP contribution in [0.5, 0.6) is 0 Å². The predicted molar refractivity (Wildman–Crippen MR) is 82.3 cm³/mol. The first kappa shape index (κ1) is 14.2. The van der Waals surface area contributed by atoms with Crippen LogP contribution in [0.15, 0.2) is 30.3 Å². The van der Waals surface area contributed by atoms with E-state index in [0.717, 1.165) is 18.2 Å². The summed E-state index contributed by atoms with van der Waals surface area (Å²) in [5.74, 6) is -1.39. The number of imidazole rings is 1. The van der Waals surface area contributed by atoms with E-state index in [2.05, 4.69) is 4.98 Å². The fourth-order valence-electron chi connectivity index (χ4n) is 2.14. The number of nitrogens with zero attached hydrogens (tertiary/aromatic N) is 2. The van der Waals surface area contributed by atoms with Gasteiger partial charge in [-0.1, -0.05) is 0 Å². The Morgan fingerprint density at radius 2 is 1.86 bits per heavy atom. The minimum atomic E-state index is -0.552. The van der Waals surface area contributed by atoms with E-state index in [4.69, 9.17) is 5.73 Å². The Kier molecular flexibility index (Phi) is 3.52. The van der Waals surface area contributed by atoms with Gasteiger partial charge < -0.3 is 10.3 Å². The lowest BCUT2D eigenvalue weighted by Crippen LogP contribution is -2.06. The van der Waals surface area contributed by atoms with E-state index < -0.39 is 17.5 Å². The summed E-state index contributed by atoms with van der Waals surface area (Å²) in [5, 5.41) is 0. The molecule has 0 aliphatic carbocycles. The average Bonchev–Trinajstić information content (AvgIpc) is 2.71. The normalized spacial score (nSPS) is 11.2. The van der Waals surface area contributed by atoms with E-state index in [-0.39, 0.29) is 18.1 Å². The van der Waals surface area contributed by atoms with Crippen molar-refractivity contribution < 1.29 is 13.2 Å². The summed E-state index contributed by atoms with van der Waals surface area (Å²) < 4.78 is 42.5. The Bertz CT molecular complexity index is 845. The van der Waals surface area contributed by atoms with Gasteiger partial charge in [-0.05, 0) is 46.9 Å². The number of halogens is 4. The maximum atomic E-state index is 13.7. The molecule has 21 heavy (non-hydrogen) atoms. The lowest BCUT2D eigenvalue weighted by Gasteiger charge is -2.08. The van der Waals surface area contributed by atoms with E-state index in [9.17, 15) is 13.2 Å². The van der Waals surface area contributed by atoms with Crippen molar-refractivity contribution >= 4 is 39.6 Å². The molecule has 0 aliphatic heterocycles. The summed E-state index contributed by atoms with van der Waals surface area (Å²) in [6, 6.07) is 6.01. The summed E-state index contributed by atoms with van der Waals surface area (Å²) in [4.78, 5) is 4.12. The second-order valence-electron chi connectivity index (χ2n) is 4.55. The molecule has 108 valence electrons. The van der Waals surface area contributed by atoms with Crippen molar-refractivity contribution in [2.75, 3.05) is 5.73 Å². The number of rotatable bonds is 2. The van der Waals surface area contributed by atoms with E-state index in [1.54, 1.807) is 6.07 Å². The highest BCUT2D eigenvalue weighted by Gasteiger charge is 2.14. The first-order chi connectivity index (χ1) is 9.95. The van der Waals surface area contributed by atoms with E-state index in [0.29, 0.717) is 14.6 Å². The lowest BCUT2D eigenvalue weighted by molar-refractivity contribution is 0.579. The molecule has 0 bridgehead atoms. The smallest absolute Gasteiger partial charge is 0.201 e. The third-order valence-corrected chi connectivity index (χ3v) is 3.98. The SMILES string of the molecule is Nc1nc2cc(I)c(F)cc2n1Cc1cc(F)ccc1F. The Balaban J connectivity index is 2.14. The average molecular weight is 403 g/mol. The second-order valence-corrected chi connectivity index (χ2v) is 5.71. The molecular formula is C14H9F3IN3. The number of hydrogen-bond donors (Lipinski definition) is 1. The Morgan fingerprint density at radius 1 is 1.10 bits per heavy atom. The molecule has 1 heterocycles. The quantitative estimate of drug-likeness (QED) is 0.664. The van der Waals surface area contributed by atoms with Crippen LogP contribution in [0.25, 0.3) is 11.0 Å². The third-order valence-electron chi connectivity index (χ3n) is 3.16. The molecule has 7 heteroatoms. The molecule has 1 aromatic heterocycles. The van der Waals surface area contributed by atoms with Crippen LogP contribution in [-0.4, -0.2) is 9.55 Å². The molecule has 0 amide bonds. The second kappa shape index (κ2) is 5.21. The molecule has 2 N–H and O–H groups in total. The van der Waals surface area contributed by atoms with Crippen molar-refractivity contribution in [2.45, 2.75) is 6.54 Å². The summed E-state index contributed by atoms with van der Waals surface area (Å²) in [6.45, 7) is -0.0219. The topological polar surface area (TPSA) is 43.8 Å². The zero-order chi connectivity index (χ0) is 15.1. The van der Waals surface area contributed by atoms with Crippen molar-refractivity contribution in [3.05, 3.63) is 56.9 Å². The fraction of sp³-hybridized carbons (Fsp3) is 0.0714. The van der Waals surface area contributed by atoms with E-state index >= 15 is 0 Å². The number of fused-ring (bicyclic) bond motifs is 1. The van der Waals surface area contributed by atoms with Crippen LogP contribution < -0.4 is 5.73 Å². The number of nitrogen functional groups attached to an aromatic ring is 1. The van der Waals surface area contributed by atoms with Crippen molar-refractivity contribution in [1.29, 1.82) is 0 Å². The van der Waals surface area contributed by atoms with Gasteiger partial charge in [-0.3, -0.25) is 0 Å². The van der Waals surface area contributed by atoms with Gasteiger partial charge in [-0.2, -0.15) is 0 Å². The highest BCUT2D eigenvalue weighted by molar-refractivity contribution is 14.1. The molecule has 0 unspecified atom stereocenters. The maximum Gasteiger partial charge on any atom is 0.201 e. The van der Waals surface area contributed by atoms with Crippen LogP contribution in [0, 0.1) is 21.0 Å². The summed E-state index contributed by atoms with van der Waals surface area (Å²) in [7, 11) is 0. The van der Waals surface area contributed by atoms with Crippen LogP contribution in [0.1, 0.15) is 5.56 Å². The van der Waals surface area contributed by atoms with Crippen LogP contribution in [0.3, 0.4) is 0 Å². The van der Waals surface area contributed by atoms with Gasteiger partial charge in [0.1, 0.15) is 17.5 Å². The molecule has 2 aromatic carbocycles. The van der Waals surface area contributed by atoms with Gasteiger partial charge in [0.15, 0.2) is 0 Å². The lowest BCUT2D eigenvalue weighted by atomic mass is 10.2. The highest BCUT2D eigenvalue weighted by Crippen LogP contribution is 2.24. The molecule has 0 spiro atoms. The van der Waals surface area contributed by atoms with Gasteiger partial charge >= 0.3 is 0 Å². The van der Waals surface area contributed by atoms with Crippen molar-refractivity contribution in [3.8, 4) is 0 Å². The highest BCUT2D eigenvalue weighted by atomic mass is 127. The number of hydrogen-bond acceptors (Lipinski definition) is 2. The first-order valence-electron chi connectivity index (χ1n) is 6.00. The van der Waals surface area contributed by atoms with Crippen molar-refractivity contribution in [1.82, 2.24) is 9.55 Å². The molecule has 0 fully saturated rings. The van der Waals surface area contributed by atoms with Gasteiger partial charge in [0, 0.05) is 11.6 Å². The minimum absolute atomic E-state index is 0.0219. The molecule has 0 saturated heterocycles. The van der Waals surface area contributed by atoms with E-state index in [1.165, 1.54) is 10.6 Å². The Hall–Kier alpha value is -1.77. The number of anilines is 1. The van der Waals surface area contributed by atoms with Crippen LogP contribution in [0.2, 0.25) is 0 Å². The monoisotopic (exact) mass is 403 g/mol. The fourth-order valence-corrected chi connectivity index (χ4v) is 2.59. The molecule has 0 aliphatic rings. The van der Waals surface area contributed by atoms with Gasteiger partial charge in [0.25, 0.3) is 0 Å². The minimum Gasteiger partial charge on any atom is -0.369 e. The maximum absolute atomic E-state index is 13.7. The van der Waals surface area contributed by atoms with Gasteiger partial charge in [0.2, 0.25) is 5.95 Å².